The predicted molar refractivity (Wildman–Crippen MR) is 61.5 cm³/mol. The minimum Gasteiger partial charge on any atom is -0.489 e. The van der Waals surface area contributed by atoms with Gasteiger partial charge in [-0.1, -0.05) is 0 Å². The van der Waals surface area contributed by atoms with Crippen LogP contribution in [0.25, 0.3) is 0 Å². The van der Waals surface area contributed by atoms with E-state index in [0.717, 1.165) is 25.3 Å². The summed E-state index contributed by atoms with van der Waals surface area (Å²) in [4.78, 5) is 0.324. The number of ether oxygens (including phenoxy) is 1. The van der Waals surface area contributed by atoms with Gasteiger partial charge in [0.15, 0.2) is 9.84 Å². The van der Waals surface area contributed by atoms with Gasteiger partial charge in [0, 0.05) is 12.8 Å². The van der Waals surface area contributed by atoms with E-state index in [2.05, 4.69) is 5.32 Å². The van der Waals surface area contributed by atoms with Crippen molar-refractivity contribution in [3.8, 4) is 5.75 Å². The summed E-state index contributed by atoms with van der Waals surface area (Å²) in [6.07, 6.45) is 2.39. The second-order valence-electron chi connectivity index (χ2n) is 3.98. The molecule has 16 heavy (non-hydrogen) atoms. The Morgan fingerprint density at radius 1 is 1.31 bits per heavy atom. The van der Waals surface area contributed by atoms with E-state index in [4.69, 9.17) is 4.74 Å². The zero-order valence-corrected chi connectivity index (χ0v) is 9.96. The van der Waals surface area contributed by atoms with Crippen LogP contribution in [0.5, 0.6) is 5.75 Å². The molecular weight excluding hydrogens is 226 g/mol. The standard InChI is InChI=1S/C11H15NO3S/c1-16(13,14)11-4-2-9(3-5-11)15-10-6-7-12-8-10/h2-5,10,12H,6-8H2,1H3/t10-/m0/s1. The molecule has 4 nitrogen and oxygen atoms in total. The van der Waals surface area contributed by atoms with Crippen LogP contribution in [0, 0.1) is 0 Å². The summed E-state index contributed by atoms with van der Waals surface area (Å²) in [5, 5.41) is 3.21. The lowest BCUT2D eigenvalue weighted by Crippen LogP contribution is -2.19. The molecule has 1 heterocycles. The molecule has 0 bridgehead atoms. The molecule has 1 aromatic rings. The number of hydrogen-bond acceptors (Lipinski definition) is 4. The van der Waals surface area contributed by atoms with Crippen LogP contribution in [-0.4, -0.2) is 33.9 Å². The maximum Gasteiger partial charge on any atom is 0.175 e. The summed E-state index contributed by atoms with van der Waals surface area (Å²) in [5.41, 5.74) is 0. The summed E-state index contributed by atoms with van der Waals surface area (Å²) in [6.45, 7) is 1.83. The summed E-state index contributed by atoms with van der Waals surface area (Å²) in [5.74, 6) is 0.723. The SMILES string of the molecule is CS(=O)(=O)c1ccc(O[C@H]2CCNC2)cc1. The van der Waals surface area contributed by atoms with Gasteiger partial charge in [-0.05, 0) is 37.2 Å². The van der Waals surface area contributed by atoms with Crippen molar-refractivity contribution in [3.05, 3.63) is 24.3 Å². The number of nitrogens with one attached hydrogen (secondary N) is 1. The van der Waals surface area contributed by atoms with Crippen LogP contribution in [0.15, 0.2) is 29.2 Å². The fourth-order valence-electron chi connectivity index (χ4n) is 1.69. The highest BCUT2D eigenvalue weighted by molar-refractivity contribution is 7.90. The second kappa shape index (κ2) is 4.43. The molecule has 0 unspecified atom stereocenters. The second-order valence-corrected chi connectivity index (χ2v) is 5.99. The van der Waals surface area contributed by atoms with Gasteiger partial charge >= 0.3 is 0 Å². The lowest BCUT2D eigenvalue weighted by molar-refractivity contribution is 0.223. The Balaban J connectivity index is 2.07. The number of hydrogen-bond donors (Lipinski definition) is 1. The van der Waals surface area contributed by atoms with Crippen LogP contribution in [0.1, 0.15) is 6.42 Å². The Kier molecular flexibility index (Phi) is 3.16. The molecule has 1 aromatic carbocycles. The topological polar surface area (TPSA) is 55.4 Å². The zero-order valence-electron chi connectivity index (χ0n) is 9.14. The fourth-order valence-corrected chi connectivity index (χ4v) is 2.32. The number of benzene rings is 1. The Bertz CT molecular complexity index is 447. The van der Waals surface area contributed by atoms with Crippen molar-refractivity contribution in [2.45, 2.75) is 17.4 Å². The summed E-state index contributed by atoms with van der Waals surface area (Å²) < 4.78 is 28.2. The van der Waals surface area contributed by atoms with E-state index < -0.39 is 9.84 Å². The third-order valence-corrected chi connectivity index (χ3v) is 3.70. The molecular formula is C11H15NO3S. The van der Waals surface area contributed by atoms with Crippen molar-refractivity contribution in [1.82, 2.24) is 5.32 Å². The number of rotatable bonds is 3. The third-order valence-electron chi connectivity index (χ3n) is 2.57. The monoisotopic (exact) mass is 241 g/mol. The van der Waals surface area contributed by atoms with Crippen LogP contribution in [-0.2, 0) is 9.84 Å². The number of sulfone groups is 1. The first-order valence-electron chi connectivity index (χ1n) is 5.23. The summed E-state index contributed by atoms with van der Waals surface area (Å²) in [7, 11) is -3.11. The van der Waals surface area contributed by atoms with E-state index >= 15 is 0 Å². The lowest BCUT2D eigenvalue weighted by Gasteiger charge is -2.12. The molecule has 1 fully saturated rings. The Labute approximate surface area is 95.5 Å². The van der Waals surface area contributed by atoms with Gasteiger partial charge in [0.25, 0.3) is 0 Å². The van der Waals surface area contributed by atoms with E-state index in [9.17, 15) is 8.42 Å². The molecule has 0 spiro atoms. The van der Waals surface area contributed by atoms with Crippen molar-refractivity contribution in [2.75, 3.05) is 19.3 Å². The first-order valence-corrected chi connectivity index (χ1v) is 7.12. The minimum atomic E-state index is -3.11. The van der Waals surface area contributed by atoms with E-state index in [0.29, 0.717) is 4.90 Å². The highest BCUT2D eigenvalue weighted by atomic mass is 32.2. The molecule has 0 aromatic heterocycles. The van der Waals surface area contributed by atoms with Crippen molar-refractivity contribution in [3.63, 3.8) is 0 Å². The summed E-state index contributed by atoms with van der Waals surface area (Å²) in [6, 6.07) is 6.56. The molecule has 1 aliphatic heterocycles. The van der Waals surface area contributed by atoms with Crippen LogP contribution >= 0.6 is 0 Å². The normalized spacial score (nSPS) is 20.9. The maximum atomic E-state index is 11.2. The summed E-state index contributed by atoms with van der Waals surface area (Å²) >= 11 is 0. The van der Waals surface area contributed by atoms with Gasteiger partial charge in [-0.15, -0.1) is 0 Å². The van der Waals surface area contributed by atoms with Crippen molar-refractivity contribution < 1.29 is 13.2 Å². The average molecular weight is 241 g/mol. The van der Waals surface area contributed by atoms with Crippen molar-refractivity contribution in [1.29, 1.82) is 0 Å². The Morgan fingerprint density at radius 2 is 2.00 bits per heavy atom. The molecule has 1 atom stereocenters. The van der Waals surface area contributed by atoms with Gasteiger partial charge in [-0.3, -0.25) is 0 Å². The van der Waals surface area contributed by atoms with E-state index in [1.165, 1.54) is 6.26 Å². The quantitative estimate of drug-likeness (QED) is 0.851. The molecule has 0 aliphatic carbocycles. The van der Waals surface area contributed by atoms with Crippen LogP contribution in [0.4, 0.5) is 0 Å². The molecule has 5 heteroatoms. The fraction of sp³-hybridized carbons (Fsp3) is 0.455. The van der Waals surface area contributed by atoms with Gasteiger partial charge in [0.05, 0.1) is 4.90 Å². The first-order chi connectivity index (χ1) is 7.55. The van der Waals surface area contributed by atoms with Crippen LogP contribution in [0.3, 0.4) is 0 Å². The maximum absolute atomic E-state index is 11.2. The molecule has 1 aliphatic rings. The largest absolute Gasteiger partial charge is 0.489 e. The van der Waals surface area contributed by atoms with Gasteiger partial charge in [-0.2, -0.15) is 0 Å². The van der Waals surface area contributed by atoms with Gasteiger partial charge in [0.2, 0.25) is 0 Å². The third kappa shape index (κ3) is 2.74. The molecule has 1 saturated heterocycles. The highest BCUT2D eigenvalue weighted by Gasteiger charge is 2.16. The van der Waals surface area contributed by atoms with E-state index in [1.807, 2.05) is 0 Å². The Morgan fingerprint density at radius 3 is 2.50 bits per heavy atom. The predicted octanol–water partition coefficient (Wildman–Crippen LogP) is 0.831. The van der Waals surface area contributed by atoms with E-state index in [-0.39, 0.29) is 6.10 Å². The molecule has 88 valence electrons. The molecule has 0 saturated carbocycles. The minimum absolute atomic E-state index is 0.198. The smallest absolute Gasteiger partial charge is 0.175 e. The van der Waals surface area contributed by atoms with Gasteiger partial charge < -0.3 is 10.1 Å². The van der Waals surface area contributed by atoms with Gasteiger partial charge in [0.1, 0.15) is 11.9 Å². The first kappa shape index (κ1) is 11.4. The molecule has 0 amide bonds. The molecule has 1 N–H and O–H groups in total. The zero-order chi connectivity index (χ0) is 11.6. The molecule has 0 radical (unpaired) electrons. The lowest BCUT2D eigenvalue weighted by atomic mass is 10.3. The highest BCUT2D eigenvalue weighted by Crippen LogP contribution is 2.18. The van der Waals surface area contributed by atoms with Gasteiger partial charge in [-0.25, -0.2) is 8.42 Å². The average Bonchev–Trinajstić information content (AvgIpc) is 2.70. The van der Waals surface area contributed by atoms with Crippen LogP contribution < -0.4 is 10.1 Å². The molecule has 2 rings (SSSR count). The Hall–Kier alpha value is -1.07. The van der Waals surface area contributed by atoms with Crippen LogP contribution in [0.2, 0.25) is 0 Å². The van der Waals surface area contributed by atoms with Crippen molar-refractivity contribution in [2.24, 2.45) is 0 Å². The van der Waals surface area contributed by atoms with E-state index in [1.54, 1.807) is 24.3 Å². The van der Waals surface area contributed by atoms with Crippen molar-refractivity contribution >= 4 is 9.84 Å².